The number of hydrogen-bond acceptors (Lipinski definition) is 4. The maximum Gasteiger partial charge on any atom is 0.254 e. The van der Waals surface area contributed by atoms with Gasteiger partial charge in [-0.2, -0.15) is 0 Å². The lowest BCUT2D eigenvalue weighted by atomic mass is 10.1. The van der Waals surface area contributed by atoms with Crippen LogP contribution < -0.4 is 5.32 Å². The number of para-hydroxylation sites is 1. The van der Waals surface area contributed by atoms with E-state index < -0.39 is 6.04 Å². The molecule has 1 atom stereocenters. The highest BCUT2D eigenvalue weighted by Crippen LogP contribution is 2.30. The van der Waals surface area contributed by atoms with Crippen molar-refractivity contribution < 1.29 is 9.59 Å². The van der Waals surface area contributed by atoms with Gasteiger partial charge in [-0.1, -0.05) is 31.2 Å². The summed E-state index contributed by atoms with van der Waals surface area (Å²) in [7, 11) is 0. The van der Waals surface area contributed by atoms with Crippen molar-refractivity contribution >= 4 is 33.4 Å². The van der Waals surface area contributed by atoms with Crippen molar-refractivity contribution in [2.75, 3.05) is 13.1 Å². The van der Waals surface area contributed by atoms with E-state index in [4.69, 9.17) is 0 Å². The van der Waals surface area contributed by atoms with Crippen LogP contribution in [0.25, 0.3) is 20.8 Å². The highest BCUT2D eigenvalue weighted by molar-refractivity contribution is 7.21. The van der Waals surface area contributed by atoms with Crippen molar-refractivity contribution in [1.29, 1.82) is 0 Å². The van der Waals surface area contributed by atoms with Gasteiger partial charge in [0.05, 0.1) is 10.2 Å². The molecular formula is C20H19N3O2S. The summed E-state index contributed by atoms with van der Waals surface area (Å²) < 4.78 is 1.12. The number of piperazine rings is 1. The Kier molecular flexibility index (Phi) is 4.42. The number of nitrogens with zero attached hydrogens (tertiary/aromatic N) is 2. The number of carbonyl (C=O) groups is 2. The first kappa shape index (κ1) is 16.7. The maximum atomic E-state index is 13.0. The second kappa shape index (κ2) is 6.88. The molecule has 5 nitrogen and oxygen atoms in total. The number of hydrogen-bond donors (Lipinski definition) is 1. The van der Waals surface area contributed by atoms with Gasteiger partial charge in [0.25, 0.3) is 5.91 Å². The second-order valence-corrected chi connectivity index (χ2v) is 7.31. The average molecular weight is 365 g/mol. The molecule has 0 spiro atoms. The number of carbonyl (C=O) groups excluding carboxylic acids is 2. The molecule has 2 aromatic carbocycles. The molecule has 1 N–H and O–H groups in total. The van der Waals surface area contributed by atoms with Crippen LogP contribution >= 0.6 is 11.3 Å². The summed E-state index contributed by atoms with van der Waals surface area (Å²) in [5.41, 5.74) is 2.48. The molecule has 0 radical (unpaired) electrons. The lowest BCUT2D eigenvalue weighted by Crippen LogP contribution is -2.56. The molecule has 3 aromatic rings. The van der Waals surface area contributed by atoms with Gasteiger partial charge in [0.1, 0.15) is 11.0 Å². The Bertz CT molecular complexity index is 949. The molecule has 1 saturated heterocycles. The normalized spacial score (nSPS) is 17.3. The zero-order valence-corrected chi connectivity index (χ0v) is 15.3. The van der Waals surface area contributed by atoms with Gasteiger partial charge in [-0.05, 0) is 30.7 Å². The molecule has 26 heavy (non-hydrogen) atoms. The number of thiazole rings is 1. The number of benzene rings is 2. The van der Waals surface area contributed by atoms with E-state index in [-0.39, 0.29) is 11.8 Å². The first-order chi connectivity index (χ1) is 12.7. The van der Waals surface area contributed by atoms with Crippen LogP contribution in [0.4, 0.5) is 0 Å². The molecule has 0 aliphatic carbocycles. The Labute approximate surface area is 155 Å². The van der Waals surface area contributed by atoms with Crippen LogP contribution in [0.2, 0.25) is 0 Å². The number of amides is 2. The molecule has 132 valence electrons. The van der Waals surface area contributed by atoms with E-state index in [2.05, 4.69) is 10.3 Å². The number of aromatic nitrogens is 1. The summed E-state index contributed by atoms with van der Waals surface area (Å²) in [6.07, 6.45) is 0.606. The summed E-state index contributed by atoms with van der Waals surface area (Å²) in [6, 6.07) is 15.1. The van der Waals surface area contributed by atoms with Gasteiger partial charge in [-0.3, -0.25) is 9.59 Å². The molecule has 2 amide bonds. The second-order valence-electron chi connectivity index (χ2n) is 6.28. The highest BCUT2D eigenvalue weighted by atomic mass is 32.1. The third-order valence-corrected chi connectivity index (χ3v) is 5.71. The average Bonchev–Trinajstić information content (AvgIpc) is 3.11. The summed E-state index contributed by atoms with van der Waals surface area (Å²) in [4.78, 5) is 31.4. The highest BCUT2D eigenvalue weighted by Gasteiger charge is 2.32. The van der Waals surface area contributed by atoms with E-state index >= 15 is 0 Å². The predicted octanol–water partition coefficient (Wildman–Crippen LogP) is 3.31. The van der Waals surface area contributed by atoms with Crippen molar-refractivity contribution in [2.45, 2.75) is 19.4 Å². The molecule has 0 unspecified atom stereocenters. The van der Waals surface area contributed by atoms with Crippen LogP contribution in [0.1, 0.15) is 23.7 Å². The van der Waals surface area contributed by atoms with Crippen molar-refractivity contribution in [3.63, 3.8) is 0 Å². The summed E-state index contributed by atoms with van der Waals surface area (Å²) in [6.45, 7) is 2.96. The van der Waals surface area contributed by atoms with E-state index in [1.54, 1.807) is 22.3 Å². The zero-order valence-electron chi connectivity index (χ0n) is 14.4. The predicted molar refractivity (Wildman–Crippen MR) is 103 cm³/mol. The lowest BCUT2D eigenvalue weighted by Gasteiger charge is -2.34. The minimum Gasteiger partial charge on any atom is -0.353 e. The van der Waals surface area contributed by atoms with Gasteiger partial charge in [0, 0.05) is 24.2 Å². The van der Waals surface area contributed by atoms with Crippen LogP contribution in [0, 0.1) is 0 Å². The summed E-state index contributed by atoms with van der Waals surface area (Å²) in [5.74, 6) is -0.177. The van der Waals surface area contributed by atoms with Crippen molar-refractivity contribution in [1.82, 2.24) is 15.2 Å². The van der Waals surface area contributed by atoms with E-state index in [0.717, 1.165) is 20.8 Å². The summed E-state index contributed by atoms with van der Waals surface area (Å²) in [5, 5.41) is 3.72. The van der Waals surface area contributed by atoms with E-state index in [1.807, 2.05) is 49.4 Å². The first-order valence-electron chi connectivity index (χ1n) is 8.72. The SMILES string of the molecule is CC[C@H]1C(=O)NCCN1C(=O)c1cccc(-c2nc3ccccc3s2)c1. The lowest BCUT2D eigenvalue weighted by molar-refractivity contribution is -0.127. The molecule has 4 rings (SSSR count). The van der Waals surface area contributed by atoms with E-state index in [9.17, 15) is 9.59 Å². The van der Waals surface area contributed by atoms with Gasteiger partial charge in [0.15, 0.2) is 0 Å². The smallest absolute Gasteiger partial charge is 0.254 e. The fourth-order valence-corrected chi connectivity index (χ4v) is 4.27. The Hall–Kier alpha value is -2.73. The monoisotopic (exact) mass is 365 g/mol. The first-order valence-corrected chi connectivity index (χ1v) is 9.53. The molecule has 2 heterocycles. The molecule has 0 bridgehead atoms. The van der Waals surface area contributed by atoms with Crippen LogP contribution in [-0.2, 0) is 4.79 Å². The van der Waals surface area contributed by atoms with Crippen molar-refractivity contribution in [3.8, 4) is 10.6 Å². The van der Waals surface area contributed by atoms with Crippen molar-refractivity contribution in [2.24, 2.45) is 0 Å². The molecule has 1 fully saturated rings. The topological polar surface area (TPSA) is 62.3 Å². The minimum absolute atomic E-state index is 0.0746. The van der Waals surface area contributed by atoms with Crippen LogP contribution in [0.5, 0.6) is 0 Å². The van der Waals surface area contributed by atoms with Gasteiger partial charge >= 0.3 is 0 Å². The van der Waals surface area contributed by atoms with Crippen molar-refractivity contribution in [3.05, 3.63) is 54.1 Å². The fraction of sp³-hybridized carbons (Fsp3) is 0.250. The van der Waals surface area contributed by atoms with E-state index in [0.29, 0.717) is 25.1 Å². The Balaban J connectivity index is 1.66. The van der Waals surface area contributed by atoms with Crippen LogP contribution in [0.3, 0.4) is 0 Å². The molecular weight excluding hydrogens is 346 g/mol. The molecule has 1 aliphatic heterocycles. The minimum atomic E-state index is -0.401. The number of nitrogens with one attached hydrogen (secondary N) is 1. The number of fused-ring (bicyclic) bond motifs is 1. The largest absolute Gasteiger partial charge is 0.353 e. The van der Waals surface area contributed by atoms with Crippen LogP contribution in [0.15, 0.2) is 48.5 Å². The van der Waals surface area contributed by atoms with E-state index in [1.165, 1.54) is 0 Å². The molecule has 6 heteroatoms. The van der Waals surface area contributed by atoms with Gasteiger partial charge in [-0.15, -0.1) is 11.3 Å². The third kappa shape index (κ3) is 2.97. The zero-order chi connectivity index (χ0) is 18.1. The standard InChI is InChI=1S/C20H19N3O2S/c1-2-16-18(24)21-10-11-23(16)20(25)14-7-5-6-13(12-14)19-22-15-8-3-4-9-17(15)26-19/h3-9,12,16H,2,10-11H2,1H3,(H,21,24)/t16-/m0/s1. The van der Waals surface area contributed by atoms with Gasteiger partial charge in [0.2, 0.25) is 5.91 Å². The fourth-order valence-electron chi connectivity index (χ4n) is 3.31. The Morgan fingerprint density at radius 2 is 2.12 bits per heavy atom. The quantitative estimate of drug-likeness (QED) is 0.774. The maximum absolute atomic E-state index is 13.0. The summed E-state index contributed by atoms with van der Waals surface area (Å²) >= 11 is 1.61. The van der Waals surface area contributed by atoms with Crippen LogP contribution in [-0.4, -0.2) is 40.8 Å². The third-order valence-electron chi connectivity index (χ3n) is 4.63. The molecule has 1 aromatic heterocycles. The van der Waals surface area contributed by atoms with Gasteiger partial charge in [-0.25, -0.2) is 4.98 Å². The Morgan fingerprint density at radius 1 is 1.27 bits per heavy atom. The Morgan fingerprint density at radius 3 is 2.92 bits per heavy atom. The molecule has 1 aliphatic rings. The molecule has 0 saturated carbocycles. The number of rotatable bonds is 3. The van der Waals surface area contributed by atoms with Gasteiger partial charge < -0.3 is 10.2 Å².